The van der Waals surface area contributed by atoms with Gasteiger partial charge in [0.25, 0.3) is 5.91 Å². The van der Waals surface area contributed by atoms with Crippen molar-refractivity contribution in [1.29, 1.82) is 0 Å². The maximum absolute atomic E-state index is 12.1. The van der Waals surface area contributed by atoms with E-state index in [0.29, 0.717) is 11.3 Å². The van der Waals surface area contributed by atoms with Crippen LogP contribution in [0.1, 0.15) is 22.8 Å². The van der Waals surface area contributed by atoms with E-state index in [1.807, 2.05) is 24.3 Å². The fourth-order valence-corrected chi connectivity index (χ4v) is 2.37. The van der Waals surface area contributed by atoms with Gasteiger partial charge in [-0.25, -0.2) is 0 Å². The monoisotopic (exact) mass is 325 g/mol. The molecule has 2 aromatic rings. The Hall–Kier alpha value is -2.82. The number of rotatable bonds is 6. The first-order chi connectivity index (χ1) is 11.5. The Morgan fingerprint density at radius 1 is 1.04 bits per heavy atom. The third-order valence-electron chi connectivity index (χ3n) is 3.64. The Morgan fingerprint density at radius 3 is 2.50 bits per heavy atom. The molecule has 2 aromatic carbocycles. The van der Waals surface area contributed by atoms with Crippen molar-refractivity contribution >= 4 is 23.2 Å². The molecule has 0 saturated heterocycles. The molecular formula is C19H23N3O2. The van der Waals surface area contributed by atoms with Gasteiger partial charge in [0.05, 0.1) is 6.54 Å². The van der Waals surface area contributed by atoms with Crippen molar-refractivity contribution in [2.24, 2.45) is 0 Å². The van der Waals surface area contributed by atoms with E-state index in [9.17, 15) is 9.59 Å². The van der Waals surface area contributed by atoms with Crippen LogP contribution in [0.15, 0.2) is 48.5 Å². The third-order valence-corrected chi connectivity index (χ3v) is 3.64. The molecule has 0 spiro atoms. The van der Waals surface area contributed by atoms with Crippen molar-refractivity contribution in [3.8, 4) is 0 Å². The largest absolute Gasteiger partial charge is 0.376 e. The van der Waals surface area contributed by atoms with E-state index in [2.05, 4.69) is 17.6 Å². The number of carbonyl (C=O) groups excluding carboxylic acids is 2. The molecule has 0 aliphatic heterocycles. The van der Waals surface area contributed by atoms with E-state index in [4.69, 9.17) is 0 Å². The number of para-hydroxylation sites is 1. The number of aryl methyl sites for hydroxylation is 1. The minimum Gasteiger partial charge on any atom is -0.376 e. The molecule has 5 heteroatoms. The van der Waals surface area contributed by atoms with Crippen LogP contribution < -0.4 is 10.6 Å². The zero-order chi connectivity index (χ0) is 17.5. The second-order valence-electron chi connectivity index (χ2n) is 5.69. The number of amides is 2. The number of hydrogen-bond acceptors (Lipinski definition) is 3. The number of carbonyl (C=O) groups is 2. The number of nitrogens with one attached hydrogen (secondary N) is 2. The summed E-state index contributed by atoms with van der Waals surface area (Å²) >= 11 is 0. The summed E-state index contributed by atoms with van der Waals surface area (Å²) in [6.07, 6.45) is 0.902. The summed E-state index contributed by atoms with van der Waals surface area (Å²) < 4.78 is 0. The van der Waals surface area contributed by atoms with Crippen LogP contribution in [-0.2, 0) is 11.2 Å². The lowest BCUT2D eigenvalue weighted by atomic mass is 10.1. The average molecular weight is 325 g/mol. The van der Waals surface area contributed by atoms with Gasteiger partial charge in [0.2, 0.25) is 5.91 Å². The standard InChI is InChI=1S/C19H23N3O2/c1-4-14-8-5-6-11-17(14)20-13-18(23)21-16-10-7-9-15(12-16)19(24)22(2)3/h5-12,20H,4,13H2,1-3H3,(H,21,23). The van der Waals surface area contributed by atoms with Gasteiger partial charge in [-0.2, -0.15) is 0 Å². The minimum absolute atomic E-state index is 0.0962. The fraction of sp³-hybridized carbons (Fsp3) is 0.263. The highest BCUT2D eigenvalue weighted by Crippen LogP contribution is 2.15. The Bertz CT molecular complexity index is 726. The molecule has 0 unspecified atom stereocenters. The predicted molar refractivity (Wildman–Crippen MR) is 97.4 cm³/mol. The van der Waals surface area contributed by atoms with E-state index >= 15 is 0 Å². The van der Waals surface area contributed by atoms with Gasteiger partial charge in [0, 0.05) is 31.0 Å². The predicted octanol–water partition coefficient (Wildman–Crippen LogP) is 3.00. The number of benzene rings is 2. The van der Waals surface area contributed by atoms with Gasteiger partial charge in [0.15, 0.2) is 0 Å². The maximum atomic E-state index is 12.1. The van der Waals surface area contributed by atoms with Gasteiger partial charge in [-0.3, -0.25) is 9.59 Å². The molecule has 0 saturated carbocycles. The molecule has 2 N–H and O–H groups in total. The van der Waals surface area contributed by atoms with E-state index in [1.54, 1.807) is 38.4 Å². The van der Waals surface area contributed by atoms with Crippen molar-refractivity contribution in [1.82, 2.24) is 4.90 Å². The number of nitrogens with zero attached hydrogens (tertiary/aromatic N) is 1. The van der Waals surface area contributed by atoms with Crippen molar-refractivity contribution in [2.75, 3.05) is 31.3 Å². The number of anilines is 2. The Kier molecular flexibility index (Phi) is 5.95. The average Bonchev–Trinajstić information content (AvgIpc) is 2.59. The molecule has 0 atom stereocenters. The molecule has 126 valence electrons. The van der Waals surface area contributed by atoms with Gasteiger partial charge >= 0.3 is 0 Å². The summed E-state index contributed by atoms with van der Waals surface area (Å²) in [6.45, 7) is 2.25. The Labute approximate surface area is 142 Å². The molecule has 24 heavy (non-hydrogen) atoms. The van der Waals surface area contributed by atoms with Gasteiger partial charge in [0.1, 0.15) is 0 Å². The zero-order valence-corrected chi connectivity index (χ0v) is 14.3. The van der Waals surface area contributed by atoms with E-state index < -0.39 is 0 Å². The van der Waals surface area contributed by atoms with Crippen molar-refractivity contribution < 1.29 is 9.59 Å². The zero-order valence-electron chi connectivity index (χ0n) is 14.3. The second-order valence-corrected chi connectivity index (χ2v) is 5.69. The van der Waals surface area contributed by atoms with Gasteiger partial charge < -0.3 is 15.5 Å². The summed E-state index contributed by atoms with van der Waals surface area (Å²) in [5.74, 6) is -0.253. The Balaban J connectivity index is 1.97. The lowest BCUT2D eigenvalue weighted by Crippen LogP contribution is -2.23. The third kappa shape index (κ3) is 4.59. The number of hydrogen-bond donors (Lipinski definition) is 2. The van der Waals surface area contributed by atoms with Crippen LogP contribution in [0.5, 0.6) is 0 Å². The summed E-state index contributed by atoms with van der Waals surface area (Å²) in [5, 5.41) is 5.96. The first-order valence-electron chi connectivity index (χ1n) is 7.94. The van der Waals surface area contributed by atoms with Crippen molar-refractivity contribution in [2.45, 2.75) is 13.3 Å². The quantitative estimate of drug-likeness (QED) is 0.858. The van der Waals surface area contributed by atoms with Gasteiger partial charge in [-0.05, 0) is 36.2 Å². The summed E-state index contributed by atoms with van der Waals surface area (Å²) in [4.78, 5) is 25.6. The van der Waals surface area contributed by atoms with Crippen LogP contribution in [0.4, 0.5) is 11.4 Å². The fourth-order valence-electron chi connectivity index (χ4n) is 2.37. The summed E-state index contributed by atoms with van der Waals surface area (Å²) in [6, 6.07) is 14.9. The molecule has 0 radical (unpaired) electrons. The maximum Gasteiger partial charge on any atom is 0.253 e. The Morgan fingerprint density at radius 2 is 1.79 bits per heavy atom. The highest BCUT2D eigenvalue weighted by Gasteiger charge is 2.09. The van der Waals surface area contributed by atoms with Crippen LogP contribution in [0.25, 0.3) is 0 Å². The van der Waals surface area contributed by atoms with Crippen LogP contribution in [0.2, 0.25) is 0 Å². The highest BCUT2D eigenvalue weighted by molar-refractivity contribution is 5.98. The van der Waals surface area contributed by atoms with E-state index in [-0.39, 0.29) is 18.4 Å². The molecule has 0 aliphatic carbocycles. The van der Waals surface area contributed by atoms with Crippen LogP contribution in [-0.4, -0.2) is 37.4 Å². The molecule has 2 amide bonds. The normalized spacial score (nSPS) is 10.1. The molecule has 0 heterocycles. The van der Waals surface area contributed by atoms with Crippen molar-refractivity contribution in [3.05, 3.63) is 59.7 Å². The summed E-state index contributed by atoms with van der Waals surface area (Å²) in [7, 11) is 3.39. The minimum atomic E-state index is -0.157. The van der Waals surface area contributed by atoms with Gasteiger partial charge in [-0.15, -0.1) is 0 Å². The SMILES string of the molecule is CCc1ccccc1NCC(=O)Nc1cccc(C(=O)N(C)C)c1. The molecular weight excluding hydrogens is 302 g/mol. The van der Waals surface area contributed by atoms with E-state index in [1.165, 1.54) is 10.5 Å². The molecule has 2 rings (SSSR count). The van der Waals surface area contributed by atoms with Crippen molar-refractivity contribution in [3.63, 3.8) is 0 Å². The van der Waals surface area contributed by atoms with E-state index in [0.717, 1.165) is 12.1 Å². The molecule has 0 fully saturated rings. The van der Waals surface area contributed by atoms with Crippen LogP contribution >= 0.6 is 0 Å². The first-order valence-corrected chi connectivity index (χ1v) is 7.94. The smallest absolute Gasteiger partial charge is 0.253 e. The topological polar surface area (TPSA) is 61.4 Å². The molecule has 0 bridgehead atoms. The second kappa shape index (κ2) is 8.15. The summed E-state index contributed by atoms with van der Waals surface area (Å²) in [5.41, 5.74) is 3.29. The van der Waals surface area contributed by atoms with Gasteiger partial charge in [-0.1, -0.05) is 31.2 Å². The van der Waals surface area contributed by atoms with Crippen LogP contribution in [0, 0.1) is 0 Å². The first kappa shape index (κ1) is 17.5. The lowest BCUT2D eigenvalue weighted by molar-refractivity contribution is -0.114. The molecule has 5 nitrogen and oxygen atoms in total. The van der Waals surface area contributed by atoms with Crippen LogP contribution in [0.3, 0.4) is 0 Å². The molecule has 0 aromatic heterocycles. The molecule has 0 aliphatic rings. The lowest BCUT2D eigenvalue weighted by Gasteiger charge is -2.13. The highest BCUT2D eigenvalue weighted by atomic mass is 16.2.